The summed E-state index contributed by atoms with van der Waals surface area (Å²) < 4.78 is 0. The fourth-order valence-electron chi connectivity index (χ4n) is 2.65. The summed E-state index contributed by atoms with van der Waals surface area (Å²) in [5.74, 6) is 0. The van der Waals surface area contributed by atoms with Gasteiger partial charge in [-0.15, -0.1) is 0 Å². The van der Waals surface area contributed by atoms with E-state index < -0.39 is 0 Å². The zero-order chi connectivity index (χ0) is 11.8. The molecule has 0 saturated carbocycles. The monoisotopic (exact) mass is 219 g/mol. The molecular weight excluding hydrogens is 198 g/mol. The molecule has 16 heavy (non-hydrogen) atoms. The molecule has 1 aromatic rings. The first-order chi connectivity index (χ1) is 7.59. The van der Waals surface area contributed by atoms with Crippen molar-refractivity contribution in [2.75, 3.05) is 18.1 Å². The lowest BCUT2D eigenvalue weighted by Crippen LogP contribution is -2.39. The number of aliphatic hydroxyl groups excluding tert-OH is 1. The van der Waals surface area contributed by atoms with Crippen LogP contribution in [-0.2, 0) is 5.41 Å². The molecule has 1 atom stereocenters. The third-order valence-corrected chi connectivity index (χ3v) is 3.98. The summed E-state index contributed by atoms with van der Waals surface area (Å²) in [6.45, 7) is 8.09. The molecule has 0 saturated heterocycles. The molecule has 0 aliphatic carbocycles. The van der Waals surface area contributed by atoms with Gasteiger partial charge in [0.05, 0.1) is 0 Å². The number of para-hydroxylation sites is 1. The van der Waals surface area contributed by atoms with E-state index in [4.69, 9.17) is 5.11 Å². The Labute approximate surface area is 97.9 Å². The molecule has 2 heteroatoms. The second-order valence-corrected chi connectivity index (χ2v) is 5.19. The molecule has 1 unspecified atom stereocenters. The Morgan fingerprint density at radius 1 is 1.31 bits per heavy atom. The lowest BCUT2D eigenvalue weighted by molar-refractivity contribution is 0.286. The highest BCUT2D eigenvalue weighted by atomic mass is 16.3. The van der Waals surface area contributed by atoms with Crippen molar-refractivity contribution >= 4 is 5.69 Å². The molecule has 88 valence electrons. The van der Waals surface area contributed by atoms with Gasteiger partial charge in [0.25, 0.3) is 0 Å². The predicted octanol–water partition coefficient (Wildman–Crippen LogP) is 2.56. The Morgan fingerprint density at radius 2 is 2.00 bits per heavy atom. The number of aliphatic hydroxyl groups is 1. The van der Waals surface area contributed by atoms with Crippen LogP contribution in [0.1, 0.15) is 32.8 Å². The molecule has 0 bridgehead atoms. The van der Waals surface area contributed by atoms with Gasteiger partial charge < -0.3 is 10.0 Å². The van der Waals surface area contributed by atoms with Crippen molar-refractivity contribution in [2.45, 2.75) is 38.6 Å². The molecule has 0 fully saturated rings. The van der Waals surface area contributed by atoms with Crippen molar-refractivity contribution in [3.8, 4) is 0 Å². The van der Waals surface area contributed by atoms with Crippen LogP contribution in [0.5, 0.6) is 0 Å². The van der Waals surface area contributed by atoms with E-state index in [9.17, 15) is 0 Å². The van der Waals surface area contributed by atoms with Crippen molar-refractivity contribution in [3.63, 3.8) is 0 Å². The van der Waals surface area contributed by atoms with Gasteiger partial charge in [-0.05, 0) is 25.0 Å². The number of rotatable bonds is 3. The van der Waals surface area contributed by atoms with Crippen LogP contribution < -0.4 is 4.90 Å². The number of fused-ring (bicyclic) bond motifs is 1. The Bertz CT molecular complexity index is 373. The van der Waals surface area contributed by atoms with E-state index in [0.717, 1.165) is 13.0 Å². The molecule has 0 spiro atoms. The Balaban J connectivity index is 2.35. The highest BCUT2D eigenvalue weighted by molar-refractivity contribution is 5.63. The first kappa shape index (κ1) is 11.5. The van der Waals surface area contributed by atoms with E-state index >= 15 is 0 Å². The first-order valence-electron chi connectivity index (χ1n) is 6.06. The Hall–Kier alpha value is -1.02. The number of hydrogen-bond acceptors (Lipinski definition) is 2. The van der Waals surface area contributed by atoms with E-state index in [1.807, 2.05) is 0 Å². The fourth-order valence-corrected chi connectivity index (χ4v) is 2.65. The SMILES string of the molecule is CC1N(CCCO)c2ccccc2C1(C)C. The quantitative estimate of drug-likeness (QED) is 0.844. The van der Waals surface area contributed by atoms with Gasteiger partial charge in [0, 0.05) is 30.3 Å². The normalized spacial score (nSPS) is 22.2. The van der Waals surface area contributed by atoms with E-state index in [0.29, 0.717) is 6.04 Å². The fraction of sp³-hybridized carbons (Fsp3) is 0.571. The summed E-state index contributed by atoms with van der Waals surface area (Å²) in [4.78, 5) is 2.42. The molecule has 1 heterocycles. The Morgan fingerprint density at radius 3 is 2.69 bits per heavy atom. The van der Waals surface area contributed by atoms with E-state index in [-0.39, 0.29) is 12.0 Å². The van der Waals surface area contributed by atoms with Gasteiger partial charge in [-0.3, -0.25) is 0 Å². The van der Waals surface area contributed by atoms with Gasteiger partial charge in [-0.2, -0.15) is 0 Å². The molecule has 0 amide bonds. The number of hydrogen-bond donors (Lipinski definition) is 1. The molecule has 1 aliphatic heterocycles. The summed E-state index contributed by atoms with van der Waals surface area (Å²) >= 11 is 0. The number of benzene rings is 1. The lowest BCUT2D eigenvalue weighted by Gasteiger charge is -2.31. The average Bonchev–Trinajstić information content (AvgIpc) is 2.47. The molecule has 1 aliphatic rings. The van der Waals surface area contributed by atoms with Gasteiger partial charge in [-0.25, -0.2) is 0 Å². The Kier molecular flexibility index (Phi) is 2.94. The molecular formula is C14H21NO. The van der Waals surface area contributed by atoms with Crippen molar-refractivity contribution in [1.82, 2.24) is 0 Å². The highest BCUT2D eigenvalue weighted by Gasteiger charge is 2.40. The van der Waals surface area contributed by atoms with Crippen LogP contribution in [-0.4, -0.2) is 24.3 Å². The van der Waals surface area contributed by atoms with Gasteiger partial charge in [0.15, 0.2) is 0 Å². The standard InChI is InChI=1S/C14H21NO/c1-11-14(2,3)12-7-4-5-8-13(12)15(11)9-6-10-16/h4-5,7-8,11,16H,6,9-10H2,1-3H3. The third kappa shape index (κ3) is 1.61. The molecule has 1 N–H and O–H groups in total. The van der Waals surface area contributed by atoms with Crippen LogP contribution in [0, 0.1) is 0 Å². The molecule has 2 nitrogen and oxygen atoms in total. The largest absolute Gasteiger partial charge is 0.396 e. The van der Waals surface area contributed by atoms with Crippen LogP contribution in [0.15, 0.2) is 24.3 Å². The molecule has 2 rings (SSSR count). The number of anilines is 1. The minimum atomic E-state index is 0.200. The smallest absolute Gasteiger partial charge is 0.0447 e. The summed E-state index contributed by atoms with van der Waals surface area (Å²) in [6.07, 6.45) is 0.842. The second kappa shape index (κ2) is 4.10. The van der Waals surface area contributed by atoms with Crippen molar-refractivity contribution < 1.29 is 5.11 Å². The topological polar surface area (TPSA) is 23.5 Å². The zero-order valence-corrected chi connectivity index (χ0v) is 10.4. The van der Waals surface area contributed by atoms with Crippen LogP contribution in [0.3, 0.4) is 0 Å². The van der Waals surface area contributed by atoms with E-state index in [2.05, 4.69) is 49.9 Å². The lowest BCUT2D eigenvalue weighted by atomic mass is 9.81. The second-order valence-electron chi connectivity index (χ2n) is 5.19. The van der Waals surface area contributed by atoms with Crippen molar-refractivity contribution in [1.29, 1.82) is 0 Å². The highest BCUT2D eigenvalue weighted by Crippen LogP contribution is 2.44. The van der Waals surface area contributed by atoms with E-state index in [1.54, 1.807) is 0 Å². The van der Waals surface area contributed by atoms with Crippen LogP contribution in [0.2, 0.25) is 0 Å². The van der Waals surface area contributed by atoms with Gasteiger partial charge in [0.2, 0.25) is 0 Å². The minimum Gasteiger partial charge on any atom is -0.396 e. The maximum absolute atomic E-state index is 8.96. The zero-order valence-electron chi connectivity index (χ0n) is 10.4. The maximum atomic E-state index is 8.96. The predicted molar refractivity (Wildman–Crippen MR) is 68.0 cm³/mol. The van der Waals surface area contributed by atoms with Crippen LogP contribution >= 0.6 is 0 Å². The molecule has 0 radical (unpaired) electrons. The third-order valence-electron chi connectivity index (χ3n) is 3.98. The summed E-state index contributed by atoms with van der Waals surface area (Å²) in [7, 11) is 0. The summed E-state index contributed by atoms with van der Waals surface area (Å²) in [5, 5.41) is 8.96. The van der Waals surface area contributed by atoms with Crippen molar-refractivity contribution in [2.24, 2.45) is 0 Å². The van der Waals surface area contributed by atoms with E-state index in [1.165, 1.54) is 11.3 Å². The van der Waals surface area contributed by atoms with Gasteiger partial charge in [0.1, 0.15) is 0 Å². The van der Waals surface area contributed by atoms with Crippen molar-refractivity contribution in [3.05, 3.63) is 29.8 Å². The summed E-state index contributed by atoms with van der Waals surface area (Å²) in [6, 6.07) is 9.13. The summed E-state index contributed by atoms with van der Waals surface area (Å²) in [5.41, 5.74) is 2.97. The van der Waals surface area contributed by atoms with Crippen LogP contribution in [0.25, 0.3) is 0 Å². The van der Waals surface area contributed by atoms with Crippen LogP contribution in [0.4, 0.5) is 5.69 Å². The average molecular weight is 219 g/mol. The maximum Gasteiger partial charge on any atom is 0.0447 e. The molecule has 1 aromatic carbocycles. The molecule has 0 aromatic heterocycles. The van der Waals surface area contributed by atoms with Gasteiger partial charge in [-0.1, -0.05) is 32.0 Å². The van der Waals surface area contributed by atoms with Gasteiger partial charge >= 0.3 is 0 Å². The number of nitrogens with zero attached hydrogens (tertiary/aromatic N) is 1. The first-order valence-corrected chi connectivity index (χ1v) is 6.06. The minimum absolute atomic E-state index is 0.200.